The zero-order valence-electron chi connectivity index (χ0n) is 13.9. The molecule has 3 N–H and O–H groups in total. The number of rotatable bonds is 5. The summed E-state index contributed by atoms with van der Waals surface area (Å²) in [7, 11) is 0. The van der Waals surface area contributed by atoms with Gasteiger partial charge in [0.05, 0.1) is 5.69 Å². The molecule has 6 heteroatoms. The Hall–Kier alpha value is -2.86. The van der Waals surface area contributed by atoms with Crippen molar-refractivity contribution in [2.24, 2.45) is 0 Å². The maximum absolute atomic E-state index is 10.9. The van der Waals surface area contributed by atoms with Gasteiger partial charge in [-0.05, 0) is 23.6 Å². The highest BCUT2D eigenvalue weighted by Gasteiger charge is 2.11. The Morgan fingerprint density at radius 2 is 1.88 bits per heavy atom. The van der Waals surface area contributed by atoms with E-state index in [0.717, 1.165) is 11.3 Å². The lowest BCUT2D eigenvalue weighted by Crippen LogP contribution is -1.97. The average Bonchev–Trinajstić information content (AvgIpc) is 3.03. The molecule has 0 unspecified atom stereocenters. The summed E-state index contributed by atoms with van der Waals surface area (Å²) in [5, 5.41) is 24.4. The number of nitrogens with one attached hydrogen (secondary N) is 1. The predicted octanol–water partition coefficient (Wildman–Crippen LogP) is 5.08. The van der Waals surface area contributed by atoms with E-state index in [2.05, 4.69) is 48.4 Å². The van der Waals surface area contributed by atoms with Gasteiger partial charge in [0.2, 0.25) is 0 Å². The number of hydrogen-bond acceptors (Lipinski definition) is 5. The number of hydrogen-bond donors (Lipinski definition) is 3. The molecule has 0 aliphatic rings. The summed E-state index contributed by atoms with van der Waals surface area (Å²) in [5.74, 6) is -0.952. The zero-order chi connectivity index (χ0) is 18.0. The molecule has 0 atom stereocenters. The molecule has 0 fully saturated rings. The maximum atomic E-state index is 10.9. The Morgan fingerprint density at radius 3 is 2.48 bits per heavy atom. The van der Waals surface area contributed by atoms with E-state index >= 15 is 0 Å². The molecule has 25 heavy (non-hydrogen) atoms. The molecule has 5 nitrogen and oxygen atoms in total. The second-order valence-electron chi connectivity index (χ2n) is 5.98. The van der Waals surface area contributed by atoms with Gasteiger partial charge in [0, 0.05) is 22.7 Å². The molecule has 0 aliphatic heterocycles. The van der Waals surface area contributed by atoms with Gasteiger partial charge in [-0.1, -0.05) is 38.1 Å². The van der Waals surface area contributed by atoms with E-state index < -0.39 is 5.97 Å². The first kappa shape index (κ1) is 17.0. The Bertz CT molecular complexity index is 901. The first-order valence-corrected chi connectivity index (χ1v) is 8.71. The molecule has 0 saturated carbocycles. The van der Waals surface area contributed by atoms with Crippen LogP contribution in [0.4, 0.5) is 10.8 Å². The van der Waals surface area contributed by atoms with Crippen molar-refractivity contribution in [3.63, 3.8) is 0 Å². The summed E-state index contributed by atoms with van der Waals surface area (Å²) in [6, 6.07) is 12.7. The van der Waals surface area contributed by atoms with Crippen LogP contribution < -0.4 is 5.32 Å². The standard InChI is InChI=1S/C19H18N2O3S/c1-11(2)12-3-5-13(6-4-12)16-10-25-19(21-16)20-14-7-8-15(18(23)24)17(22)9-14/h3-11,22H,1-2H3,(H,20,21)(H,23,24). The number of carboxylic acid groups (broad SMARTS) is 1. The lowest BCUT2D eigenvalue weighted by molar-refractivity contribution is 0.0694. The van der Waals surface area contributed by atoms with Gasteiger partial charge in [0.15, 0.2) is 5.13 Å². The van der Waals surface area contributed by atoms with E-state index in [0.29, 0.717) is 16.7 Å². The largest absolute Gasteiger partial charge is 0.507 e. The summed E-state index contributed by atoms with van der Waals surface area (Å²) < 4.78 is 0. The number of thiazole rings is 1. The van der Waals surface area contributed by atoms with E-state index in [1.54, 1.807) is 6.07 Å². The van der Waals surface area contributed by atoms with E-state index in [9.17, 15) is 9.90 Å². The van der Waals surface area contributed by atoms with Crippen LogP contribution in [-0.2, 0) is 0 Å². The number of aromatic hydroxyl groups is 1. The fourth-order valence-electron chi connectivity index (χ4n) is 2.42. The highest BCUT2D eigenvalue weighted by Crippen LogP contribution is 2.30. The van der Waals surface area contributed by atoms with Crippen molar-refractivity contribution in [2.75, 3.05) is 5.32 Å². The van der Waals surface area contributed by atoms with Gasteiger partial charge in [-0.25, -0.2) is 9.78 Å². The normalized spacial score (nSPS) is 10.8. The number of aromatic nitrogens is 1. The lowest BCUT2D eigenvalue weighted by atomic mass is 10.0. The molecule has 0 amide bonds. The third-order valence-electron chi connectivity index (χ3n) is 3.86. The lowest BCUT2D eigenvalue weighted by Gasteiger charge is -2.06. The van der Waals surface area contributed by atoms with Crippen LogP contribution in [0, 0.1) is 0 Å². The predicted molar refractivity (Wildman–Crippen MR) is 100.0 cm³/mol. The highest BCUT2D eigenvalue weighted by molar-refractivity contribution is 7.14. The van der Waals surface area contributed by atoms with Crippen LogP contribution in [0.1, 0.15) is 35.7 Å². The third-order valence-corrected chi connectivity index (χ3v) is 4.61. The second kappa shape index (κ2) is 6.94. The Labute approximate surface area is 149 Å². The molecule has 3 aromatic rings. The fraction of sp³-hybridized carbons (Fsp3) is 0.158. The summed E-state index contributed by atoms with van der Waals surface area (Å²) >= 11 is 1.45. The van der Waals surface area contributed by atoms with Crippen molar-refractivity contribution < 1.29 is 15.0 Å². The topological polar surface area (TPSA) is 82.5 Å². The van der Waals surface area contributed by atoms with Crippen molar-refractivity contribution in [1.82, 2.24) is 4.98 Å². The molecule has 0 bridgehead atoms. The molecular formula is C19H18N2O3S. The minimum absolute atomic E-state index is 0.129. The second-order valence-corrected chi connectivity index (χ2v) is 6.83. The van der Waals surface area contributed by atoms with Crippen LogP contribution in [0.15, 0.2) is 47.8 Å². The van der Waals surface area contributed by atoms with Crippen LogP contribution in [0.5, 0.6) is 5.75 Å². The molecule has 0 radical (unpaired) electrons. The van der Waals surface area contributed by atoms with Crippen LogP contribution in [-0.4, -0.2) is 21.2 Å². The van der Waals surface area contributed by atoms with E-state index in [4.69, 9.17) is 5.11 Å². The Morgan fingerprint density at radius 1 is 1.16 bits per heavy atom. The highest BCUT2D eigenvalue weighted by atomic mass is 32.1. The first-order valence-electron chi connectivity index (χ1n) is 7.83. The number of anilines is 2. The van der Waals surface area contributed by atoms with Crippen molar-refractivity contribution in [2.45, 2.75) is 19.8 Å². The van der Waals surface area contributed by atoms with E-state index in [-0.39, 0.29) is 11.3 Å². The molecule has 0 aliphatic carbocycles. The van der Waals surface area contributed by atoms with Crippen molar-refractivity contribution in [1.29, 1.82) is 0 Å². The van der Waals surface area contributed by atoms with Crippen LogP contribution in [0.3, 0.4) is 0 Å². The number of carbonyl (C=O) groups is 1. The van der Waals surface area contributed by atoms with Crippen molar-refractivity contribution in [3.05, 3.63) is 59.0 Å². The smallest absolute Gasteiger partial charge is 0.339 e. The summed E-state index contributed by atoms with van der Waals surface area (Å²) in [6.07, 6.45) is 0. The van der Waals surface area contributed by atoms with Gasteiger partial charge in [0.25, 0.3) is 0 Å². The number of benzene rings is 2. The van der Waals surface area contributed by atoms with Crippen LogP contribution in [0.25, 0.3) is 11.3 Å². The summed E-state index contributed by atoms with van der Waals surface area (Å²) in [6.45, 7) is 4.32. The Balaban J connectivity index is 1.77. The van der Waals surface area contributed by atoms with E-state index in [1.807, 2.05) is 5.38 Å². The quantitative estimate of drug-likeness (QED) is 0.595. The summed E-state index contributed by atoms with van der Waals surface area (Å²) in [4.78, 5) is 15.5. The molecular weight excluding hydrogens is 336 g/mol. The molecule has 3 rings (SSSR count). The SMILES string of the molecule is CC(C)c1ccc(-c2csc(Nc3ccc(C(=O)O)c(O)c3)n2)cc1. The molecule has 2 aromatic carbocycles. The first-order chi connectivity index (χ1) is 11.9. The minimum Gasteiger partial charge on any atom is -0.507 e. The summed E-state index contributed by atoms with van der Waals surface area (Å²) in [5.41, 5.74) is 3.65. The van der Waals surface area contributed by atoms with Gasteiger partial charge >= 0.3 is 5.97 Å². The van der Waals surface area contributed by atoms with Gasteiger partial charge in [0.1, 0.15) is 11.3 Å². The molecule has 0 spiro atoms. The number of nitrogens with zero attached hydrogens (tertiary/aromatic N) is 1. The van der Waals surface area contributed by atoms with Gasteiger partial charge < -0.3 is 15.5 Å². The molecule has 0 saturated heterocycles. The zero-order valence-corrected chi connectivity index (χ0v) is 14.7. The van der Waals surface area contributed by atoms with Gasteiger partial charge in [-0.15, -0.1) is 11.3 Å². The number of aromatic carboxylic acids is 1. The van der Waals surface area contributed by atoms with E-state index in [1.165, 1.54) is 29.0 Å². The monoisotopic (exact) mass is 354 g/mol. The number of carboxylic acids is 1. The fourth-order valence-corrected chi connectivity index (χ4v) is 3.16. The molecule has 1 aromatic heterocycles. The maximum Gasteiger partial charge on any atom is 0.339 e. The Kier molecular flexibility index (Phi) is 4.72. The van der Waals surface area contributed by atoms with Crippen LogP contribution in [0.2, 0.25) is 0 Å². The molecule has 1 heterocycles. The third kappa shape index (κ3) is 3.80. The van der Waals surface area contributed by atoms with Gasteiger partial charge in [-0.3, -0.25) is 0 Å². The molecule has 128 valence electrons. The van der Waals surface area contributed by atoms with Crippen molar-refractivity contribution in [3.8, 4) is 17.0 Å². The van der Waals surface area contributed by atoms with Crippen molar-refractivity contribution >= 4 is 28.1 Å². The average molecular weight is 354 g/mol. The van der Waals surface area contributed by atoms with Crippen LogP contribution >= 0.6 is 11.3 Å². The van der Waals surface area contributed by atoms with Gasteiger partial charge in [-0.2, -0.15) is 0 Å². The number of phenols is 1. The minimum atomic E-state index is -1.16.